The Morgan fingerprint density at radius 1 is 1.86 bits per heavy atom. The van der Waals surface area contributed by atoms with Crippen LogP contribution in [0.1, 0.15) is 6.92 Å². The summed E-state index contributed by atoms with van der Waals surface area (Å²) in [6.45, 7) is 3.40. The van der Waals surface area contributed by atoms with Crippen molar-refractivity contribution in [2.24, 2.45) is 0 Å². The van der Waals surface area contributed by atoms with E-state index >= 15 is 0 Å². The molecule has 1 radical (unpaired) electrons. The Hall–Kier alpha value is -0.465. The molecule has 0 atom stereocenters. The third-order valence-electron chi connectivity index (χ3n) is 0.555. The first-order chi connectivity index (χ1) is 3.27. The number of nitrogens with one attached hydrogen (secondary N) is 1. The summed E-state index contributed by atoms with van der Waals surface area (Å²) in [5, 5.41) is 2.60. The summed E-state index contributed by atoms with van der Waals surface area (Å²) in [4.78, 5) is 10.1. The van der Waals surface area contributed by atoms with Crippen molar-refractivity contribution in [2.45, 2.75) is 13.7 Å². The second kappa shape index (κ2) is 3.72. The molecule has 2 nitrogen and oxygen atoms in total. The van der Waals surface area contributed by atoms with E-state index in [9.17, 15) is 4.79 Å². The van der Waals surface area contributed by atoms with Gasteiger partial charge in [-0.25, -0.2) is 0 Å². The second-order valence-electron chi connectivity index (χ2n) is 1.35. The van der Waals surface area contributed by atoms with Gasteiger partial charge in [-0.2, -0.15) is 0 Å². The van der Waals surface area contributed by atoms with Gasteiger partial charge in [0, 0.05) is 6.92 Å². The molecule has 0 aromatic heterocycles. The Balaban J connectivity index is 2.82. The Morgan fingerprint density at radius 2 is 2.43 bits per heavy atom. The highest BCUT2D eigenvalue weighted by Gasteiger charge is 1.84. The molecule has 0 unspecified atom stereocenters. The van der Waals surface area contributed by atoms with Crippen molar-refractivity contribution in [1.29, 1.82) is 0 Å². The molecule has 7 heavy (non-hydrogen) atoms. The summed E-state index contributed by atoms with van der Waals surface area (Å²) in [6.07, 6.45) is 0.676. The standard InChI is InChI=1S/C4H9BNO/c1-4(7)6-3-5-2/h3H2,1-2H3,(H,6,7). The highest BCUT2D eigenvalue weighted by Crippen LogP contribution is 1.56. The molecule has 0 rings (SSSR count). The molecule has 0 aliphatic heterocycles. The summed E-state index contributed by atoms with van der Waals surface area (Å²) in [5.41, 5.74) is 0. The van der Waals surface area contributed by atoms with Crippen LogP contribution in [0.5, 0.6) is 0 Å². The fourth-order valence-corrected chi connectivity index (χ4v) is 0.246. The quantitative estimate of drug-likeness (QED) is 0.477. The molecule has 0 bridgehead atoms. The van der Waals surface area contributed by atoms with Gasteiger partial charge in [0.05, 0.1) is 0 Å². The zero-order valence-corrected chi connectivity index (χ0v) is 4.69. The van der Waals surface area contributed by atoms with Crippen LogP contribution in [0.4, 0.5) is 0 Å². The molecule has 39 valence electrons. The number of carbonyl (C=O) groups excluding carboxylic acids is 1. The molecule has 1 amide bonds. The van der Waals surface area contributed by atoms with Gasteiger partial charge in [-0.3, -0.25) is 4.79 Å². The molecule has 0 aliphatic carbocycles. The molecule has 0 aromatic carbocycles. The predicted octanol–water partition coefficient (Wildman–Crippen LogP) is -0.168. The fourth-order valence-electron chi connectivity index (χ4n) is 0.246. The maximum Gasteiger partial charge on any atom is 0.216 e. The highest BCUT2D eigenvalue weighted by molar-refractivity contribution is 6.34. The number of rotatable bonds is 2. The third kappa shape index (κ3) is 5.53. The molecule has 0 saturated heterocycles. The van der Waals surface area contributed by atoms with Crippen LogP contribution < -0.4 is 5.32 Å². The summed E-state index contributed by atoms with van der Waals surface area (Å²) >= 11 is 0. The van der Waals surface area contributed by atoms with E-state index in [-0.39, 0.29) is 5.91 Å². The van der Waals surface area contributed by atoms with Crippen LogP contribution >= 0.6 is 0 Å². The minimum atomic E-state index is 0.0260. The number of hydrogen-bond acceptors (Lipinski definition) is 1. The highest BCUT2D eigenvalue weighted by atomic mass is 16.1. The Morgan fingerprint density at radius 3 is 2.57 bits per heavy atom. The molecule has 0 spiro atoms. The molecule has 0 aliphatic rings. The third-order valence-corrected chi connectivity index (χ3v) is 0.555. The molecule has 0 saturated carbocycles. The lowest BCUT2D eigenvalue weighted by atomic mass is 9.83. The van der Waals surface area contributed by atoms with Crippen molar-refractivity contribution >= 4 is 13.2 Å². The van der Waals surface area contributed by atoms with Crippen molar-refractivity contribution in [3.05, 3.63) is 0 Å². The molecular weight excluding hydrogens is 88.9 g/mol. The Labute approximate surface area is 44.5 Å². The first kappa shape index (κ1) is 6.53. The van der Waals surface area contributed by atoms with E-state index in [2.05, 4.69) is 5.32 Å². The van der Waals surface area contributed by atoms with Crippen LogP contribution in [-0.4, -0.2) is 19.6 Å². The van der Waals surface area contributed by atoms with Crippen molar-refractivity contribution in [1.82, 2.24) is 5.32 Å². The van der Waals surface area contributed by atoms with Crippen LogP contribution in [0.15, 0.2) is 0 Å². The van der Waals surface area contributed by atoms with Crippen LogP contribution in [0, 0.1) is 0 Å². The fraction of sp³-hybridized carbons (Fsp3) is 0.750. The molecular formula is C4H9BNO. The van der Waals surface area contributed by atoms with Gasteiger partial charge in [-0.1, -0.05) is 6.82 Å². The van der Waals surface area contributed by atoms with Crippen LogP contribution in [-0.2, 0) is 4.79 Å². The van der Waals surface area contributed by atoms with E-state index in [0.717, 1.165) is 0 Å². The molecule has 0 aromatic rings. The zero-order chi connectivity index (χ0) is 5.70. The normalized spacial score (nSPS) is 7.71. The van der Waals surface area contributed by atoms with Crippen molar-refractivity contribution in [3.8, 4) is 0 Å². The van der Waals surface area contributed by atoms with E-state index in [4.69, 9.17) is 0 Å². The monoisotopic (exact) mass is 98.1 g/mol. The summed E-state index contributed by atoms with van der Waals surface area (Å²) in [5.74, 6) is 0.0260. The summed E-state index contributed by atoms with van der Waals surface area (Å²) in [6, 6.07) is 0. The lowest BCUT2D eigenvalue weighted by Crippen LogP contribution is -2.23. The predicted molar refractivity (Wildman–Crippen MR) is 30.3 cm³/mol. The lowest BCUT2D eigenvalue weighted by Gasteiger charge is -1.92. The van der Waals surface area contributed by atoms with Gasteiger partial charge in [-0.15, -0.1) is 0 Å². The lowest BCUT2D eigenvalue weighted by molar-refractivity contribution is -0.118. The smallest absolute Gasteiger partial charge is 0.216 e. The van der Waals surface area contributed by atoms with Crippen molar-refractivity contribution < 1.29 is 4.79 Å². The SMILES string of the molecule is C[B]CNC(C)=O. The minimum Gasteiger partial charge on any atom is -0.365 e. The zero-order valence-electron chi connectivity index (χ0n) is 4.69. The van der Waals surface area contributed by atoms with Gasteiger partial charge in [0.2, 0.25) is 5.91 Å². The Bertz CT molecular complexity index is 64.7. The van der Waals surface area contributed by atoms with E-state index in [0.29, 0.717) is 6.44 Å². The summed E-state index contributed by atoms with van der Waals surface area (Å²) in [7, 11) is 1.89. The number of amides is 1. The molecule has 1 N–H and O–H groups in total. The van der Waals surface area contributed by atoms with Crippen LogP contribution in [0.2, 0.25) is 6.82 Å². The van der Waals surface area contributed by atoms with Crippen molar-refractivity contribution in [2.75, 3.05) is 6.44 Å². The van der Waals surface area contributed by atoms with Gasteiger partial charge in [-0.05, 0) is 6.44 Å². The molecule has 3 heteroatoms. The topological polar surface area (TPSA) is 29.1 Å². The molecule has 0 fully saturated rings. The maximum absolute atomic E-state index is 10.1. The van der Waals surface area contributed by atoms with Gasteiger partial charge in [0.15, 0.2) is 0 Å². The first-order valence-electron chi connectivity index (χ1n) is 2.29. The van der Waals surface area contributed by atoms with Gasteiger partial charge >= 0.3 is 0 Å². The number of hydrogen-bond donors (Lipinski definition) is 1. The maximum atomic E-state index is 10.1. The van der Waals surface area contributed by atoms with E-state index in [1.54, 1.807) is 0 Å². The number of carbonyl (C=O) groups is 1. The van der Waals surface area contributed by atoms with E-state index in [1.165, 1.54) is 6.92 Å². The van der Waals surface area contributed by atoms with Gasteiger partial charge < -0.3 is 5.32 Å². The van der Waals surface area contributed by atoms with Crippen molar-refractivity contribution in [3.63, 3.8) is 0 Å². The van der Waals surface area contributed by atoms with Crippen LogP contribution in [0.25, 0.3) is 0 Å². The van der Waals surface area contributed by atoms with E-state index < -0.39 is 0 Å². The average Bonchev–Trinajstić information content (AvgIpc) is 1.61. The largest absolute Gasteiger partial charge is 0.365 e. The van der Waals surface area contributed by atoms with Gasteiger partial charge in [0.1, 0.15) is 7.28 Å². The van der Waals surface area contributed by atoms with Gasteiger partial charge in [0.25, 0.3) is 0 Å². The second-order valence-corrected chi connectivity index (χ2v) is 1.35. The van der Waals surface area contributed by atoms with Crippen LogP contribution in [0.3, 0.4) is 0 Å². The van der Waals surface area contributed by atoms with E-state index in [1.807, 2.05) is 14.1 Å². The minimum absolute atomic E-state index is 0.0260. The summed E-state index contributed by atoms with van der Waals surface area (Å²) < 4.78 is 0. The average molecular weight is 97.9 g/mol. The molecule has 0 heterocycles. The first-order valence-corrected chi connectivity index (χ1v) is 2.29. The Kier molecular flexibility index (Phi) is 3.47.